The summed E-state index contributed by atoms with van der Waals surface area (Å²) in [5.41, 5.74) is 21.1. The monoisotopic (exact) mass is 966 g/mol. The molecule has 0 saturated carbocycles. The average Bonchev–Trinajstić information content (AvgIpc) is 3.93. The Morgan fingerprint density at radius 1 is 0.224 bits per heavy atom. The van der Waals surface area contributed by atoms with Crippen LogP contribution >= 0.6 is 0 Å². The van der Waals surface area contributed by atoms with E-state index >= 15 is 0 Å². The molecule has 1 heterocycles. The molecular formula is C74H50N2. The molecule has 0 N–H and O–H groups in total. The van der Waals surface area contributed by atoms with Gasteiger partial charge in [-0.25, -0.2) is 0 Å². The van der Waals surface area contributed by atoms with Crippen LogP contribution in [0.3, 0.4) is 0 Å². The highest BCUT2D eigenvalue weighted by atomic mass is 15.1. The van der Waals surface area contributed by atoms with Crippen molar-refractivity contribution in [3.63, 3.8) is 0 Å². The fourth-order valence-electron chi connectivity index (χ4n) is 11.5. The Hall–Kier alpha value is -10.0. The van der Waals surface area contributed by atoms with Crippen molar-refractivity contribution in [1.29, 1.82) is 0 Å². The molecule has 0 aliphatic carbocycles. The van der Waals surface area contributed by atoms with E-state index in [9.17, 15) is 0 Å². The summed E-state index contributed by atoms with van der Waals surface area (Å²) in [5.74, 6) is 0. The summed E-state index contributed by atoms with van der Waals surface area (Å²) in [7, 11) is 0. The average molecular weight is 967 g/mol. The molecule has 0 fully saturated rings. The highest BCUT2D eigenvalue weighted by Crippen LogP contribution is 2.42. The summed E-state index contributed by atoms with van der Waals surface area (Å²) in [5, 5.41) is 7.54. The van der Waals surface area contributed by atoms with Crippen LogP contribution < -0.4 is 4.90 Å². The lowest BCUT2D eigenvalue weighted by atomic mass is 9.95. The maximum absolute atomic E-state index is 2.39. The number of anilines is 3. The van der Waals surface area contributed by atoms with Crippen molar-refractivity contribution in [2.75, 3.05) is 4.90 Å². The van der Waals surface area contributed by atoms with E-state index in [1.165, 1.54) is 99.0 Å². The molecule has 0 bridgehead atoms. The van der Waals surface area contributed by atoms with E-state index in [1.807, 2.05) is 0 Å². The minimum absolute atomic E-state index is 1.08. The number of fused-ring (bicyclic) bond motifs is 5. The van der Waals surface area contributed by atoms with Crippen molar-refractivity contribution >= 4 is 60.4 Å². The second kappa shape index (κ2) is 19.1. The van der Waals surface area contributed by atoms with Gasteiger partial charge in [0.1, 0.15) is 0 Å². The molecule has 2 nitrogen and oxygen atoms in total. The van der Waals surface area contributed by atoms with Gasteiger partial charge in [-0.05, 0) is 155 Å². The zero-order valence-corrected chi connectivity index (χ0v) is 41.8. The number of hydrogen-bond donors (Lipinski definition) is 0. The molecule has 14 aromatic rings. The molecule has 0 amide bonds. The predicted octanol–water partition coefficient (Wildman–Crippen LogP) is 20.6. The van der Waals surface area contributed by atoms with Crippen LogP contribution in [0.5, 0.6) is 0 Å². The fourth-order valence-corrected chi connectivity index (χ4v) is 11.5. The zero-order valence-electron chi connectivity index (χ0n) is 41.8. The lowest BCUT2D eigenvalue weighted by Crippen LogP contribution is -2.10. The molecule has 0 aliphatic heterocycles. The number of nitrogens with zero attached hydrogens (tertiary/aromatic N) is 2. The zero-order chi connectivity index (χ0) is 50.4. The normalized spacial score (nSPS) is 11.4. The van der Waals surface area contributed by atoms with Crippen LogP contribution in [0, 0.1) is 0 Å². The summed E-state index contributed by atoms with van der Waals surface area (Å²) >= 11 is 0. The third kappa shape index (κ3) is 8.10. The second-order valence-corrected chi connectivity index (χ2v) is 19.7. The van der Waals surface area contributed by atoms with Gasteiger partial charge in [-0.3, -0.25) is 0 Å². The smallest absolute Gasteiger partial charge is 0.0547 e. The first kappa shape index (κ1) is 44.7. The Kier molecular flexibility index (Phi) is 11.2. The lowest BCUT2D eigenvalue weighted by molar-refractivity contribution is 1.18. The van der Waals surface area contributed by atoms with Gasteiger partial charge in [0.2, 0.25) is 0 Å². The SMILES string of the molecule is c1ccc(-n2c3ccccc3c3c(-c4cccc(-c5cccc(N(c6ccc(-c7ccc(-c8cccc9ccccc89)cc7)cc6)c6ccc(-c7ccc(-c8cccc9ccccc89)cc7)cc6)c5)c4)cccc32)cc1. The molecule has 0 saturated heterocycles. The molecular weight excluding hydrogens is 917 g/mol. The minimum Gasteiger partial charge on any atom is -0.310 e. The third-order valence-electron chi connectivity index (χ3n) is 15.2. The van der Waals surface area contributed by atoms with Crippen molar-refractivity contribution in [3.8, 4) is 72.4 Å². The summed E-state index contributed by atoms with van der Waals surface area (Å²) in [6.07, 6.45) is 0. The molecule has 0 atom stereocenters. The van der Waals surface area contributed by atoms with E-state index in [2.05, 4.69) is 313 Å². The van der Waals surface area contributed by atoms with Crippen LogP contribution in [0.15, 0.2) is 303 Å². The van der Waals surface area contributed by atoms with Crippen molar-refractivity contribution < 1.29 is 0 Å². The van der Waals surface area contributed by atoms with Gasteiger partial charge in [-0.15, -0.1) is 0 Å². The van der Waals surface area contributed by atoms with E-state index in [4.69, 9.17) is 0 Å². The lowest BCUT2D eigenvalue weighted by Gasteiger charge is -2.26. The Morgan fingerprint density at radius 3 is 1.22 bits per heavy atom. The number of benzene rings is 13. The third-order valence-corrected chi connectivity index (χ3v) is 15.2. The summed E-state index contributed by atoms with van der Waals surface area (Å²) in [6.45, 7) is 0. The fraction of sp³-hybridized carbons (Fsp3) is 0. The largest absolute Gasteiger partial charge is 0.310 e. The minimum atomic E-state index is 1.08. The molecule has 76 heavy (non-hydrogen) atoms. The quantitative estimate of drug-likeness (QED) is 0.133. The molecule has 0 aliphatic rings. The standard InChI is InChI=1S/C74H50N2/c1-2-22-62(23-3-1)76-72-31-9-8-27-71(72)74-70(30-14-32-73(74)76)61-21-10-19-59(49-61)60-20-11-24-65(50-60)75(63-45-41-53(42-46-63)51-33-37-57(38-34-51)68-28-12-17-55-15-4-6-25-66(55)68)64-47-43-54(44-48-64)52-35-39-58(40-36-52)69-29-13-18-56-16-5-7-26-67(56)69/h1-50H. The number of rotatable bonds is 10. The van der Waals surface area contributed by atoms with Crippen LogP contribution in [0.1, 0.15) is 0 Å². The van der Waals surface area contributed by atoms with Crippen LogP contribution in [0.2, 0.25) is 0 Å². The highest BCUT2D eigenvalue weighted by Gasteiger charge is 2.18. The van der Waals surface area contributed by atoms with Crippen molar-refractivity contribution in [1.82, 2.24) is 4.57 Å². The first-order chi connectivity index (χ1) is 37.7. The first-order valence-corrected chi connectivity index (χ1v) is 26.1. The number of para-hydroxylation sites is 2. The Bertz CT molecular complexity index is 4240. The topological polar surface area (TPSA) is 8.17 Å². The van der Waals surface area contributed by atoms with E-state index in [0.29, 0.717) is 0 Å². The van der Waals surface area contributed by atoms with E-state index in [1.54, 1.807) is 0 Å². The molecule has 13 aromatic carbocycles. The van der Waals surface area contributed by atoms with E-state index in [-0.39, 0.29) is 0 Å². The van der Waals surface area contributed by atoms with Gasteiger partial charge in [0.25, 0.3) is 0 Å². The van der Waals surface area contributed by atoms with Crippen molar-refractivity contribution in [2.45, 2.75) is 0 Å². The maximum atomic E-state index is 2.39. The molecule has 0 radical (unpaired) electrons. The van der Waals surface area contributed by atoms with Gasteiger partial charge in [-0.2, -0.15) is 0 Å². The van der Waals surface area contributed by atoms with Crippen molar-refractivity contribution in [3.05, 3.63) is 303 Å². The van der Waals surface area contributed by atoms with Gasteiger partial charge >= 0.3 is 0 Å². The highest BCUT2D eigenvalue weighted by molar-refractivity contribution is 6.16. The van der Waals surface area contributed by atoms with Gasteiger partial charge in [0, 0.05) is 33.5 Å². The summed E-state index contributed by atoms with van der Waals surface area (Å²) in [4.78, 5) is 2.38. The molecule has 0 unspecified atom stereocenters. The molecule has 14 rings (SSSR count). The Labute approximate surface area is 443 Å². The molecule has 0 spiro atoms. The van der Waals surface area contributed by atoms with Crippen molar-refractivity contribution in [2.24, 2.45) is 0 Å². The van der Waals surface area contributed by atoms with E-state index in [0.717, 1.165) is 33.9 Å². The predicted molar refractivity (Wildman–Crippen MR) is 323 cm³/mol. The van der Waals surface area contributed by atoms with Gasteiger partial charge in [-0.1, -0.05) is 237 Å². The van der Waals surface area contributed by atoms with Crippen LogP contribution in [-0.2, 0) is 0 Å². The number of aromatic nitrogens is 1. The van der Waals surface area contributed by atoms with Crippen LogP contribution in [-0.4, -0.2) is 4.57 Å². The number of hydrogen-bond acceptors (Lipinski definition) is 1. The molecule has 1 aromatic heterocycles. The van der Waals surface area contributed by atoms with Gasteiger partial charge < -0.3 is 9.47 Å². The van der Waals surface area contributed by atoms with Crippen LogP contribution in [0.25, 0.3) is 116 Å². The summed E-state index contributed by atoms with van der Waals surface area (Å²) in [6, 6.07) is 111. The van der Waals surface area contributed by atoms with Gasteiger partial charge in [0.05, 0.1) is 11.0 Å². The second-order valence-electron chi connectivity index (χ2n) is 19.7. The Morgan fingerprint density at radius 2 is 0.632 bits per heavy atom. The van der Waals surface area contributed by atoms with E-state index < -0.39 is 0 Å². The molecule has 2 heteroatoms. The summed E-state index contributed by atoms with van der Waals surface area (Å²) < 4.78 is 2.39. The molecule has 356 valence electrons. The maximum Gasteiger partial charge on any atom is 0.0547 e. The Balaban J connectivity index is 0.823. The first-order valence-electron chi connectivity index (χ1n) is 26.1. The van der Waals surface area contributed by atoms with Gasteiger partial charge in [0.15, 0.2) is 0 Å². The van der Waals surface area contributed by atoms with Crippen LogP contribution in [0.4, 0.5) is 17.1 Å².